The van der Waals surface area contributed by atoms with Gasteiger partial charge in [0.2, 0.25) is 0 Å². The summed E-state index contributed by atoms with van der Waals surface area (Å²) >= 11 is 1.62. The lowest BCUT2D eigenvalue weighted by Gasteiger charge is -2.10. The number of ether oxygens (including phenoxy) is 1. The van der Waals surface area contributed by atoms with Gasteiger partial charge in [-0.1, -0.05) is 48.3 Å². The lowest BCUT2D eigenvalue weighted by atomic mass is 10.0. The van der Waals surface area contributed by atoms with Crippen LogP contribution in [0, 0.1) is 0 Å². The van der Waals surface area contributed by atoms with Gasteiger partial charge in [0.05, 0.1) is 23.4 Å². The van der Waals surface area contributed by atoms with Gasteiger partial charge in [0.15, 0.2) is 0 Å². The Bertz CT molecular complexity index is 1230. The van der Waals surface area contributed by atoms with Crippen molar-refractivity contribution in [1.82, 2.24) is 20.1 Å². The molecule has 1 amide bonds. The predicted octanol–water partition coefficient (Wildman–Crippen LogP) is 4.20. The molecule has 4 N–H and O–H groups in total. The third-order valence-electron chi connectivity index (χ3n) is 5.19. The van der Waals surface area contributed by atoms with E-state index in [-0.39, 0.29) is 5.91 Å². The number of carbonyl (C=O) groups excluding carboxylic acids is 1. The van der Waals surface area contributed by atoms with E-state index >= 15 is 0 Å². The Labute approximate surface area is 196 Å². The van der Waals surface area contributed by atoms with Gasteiger partial charge in [-0.2, -0.15) is 0 Å². The third-order valence-corrected chi connectivity index (χ3v) is 5.68. The Morgan fingerprint density at radius 3 is 2.42 bits per heavy atom. The molecule has 0 bridgehead atoms. The average molecular weight is 460 g/mol. The minimum Gasteiger partial charge on any atom is -0.494 e. The number of amides is 1. The lowest BCUT2D eigenvalue weighted by Crippen LogP contribution is -2.30. The summed E-state index contributed by atoms with van der Waals surface area (Å²) in [4.78, 5) is 21.1. The molecule has 2 aromatic heterocycles. The van der Waals surface area contributed by atoms with E-state index in [4.69, 9.17) is 15.6 Å². The van der Waals surface area contributed by atoms with Crippen molar-refractivity contribution >= 4 is 28.8 Å². The monoisotopic (exact) mass is 459 g/mol. The van der Waals surface area contributed by atoms with Crippen LogP contribution in [0.25, 0.3) is 33.3 Å². The van der Waals surface area contributed by atoms with E-state index in [9.17, 15) is 4.79 Å². The number of fused-ring (bicyclic) bond motifs is 1. The third kappa shape index (κ3) is 5.48. The van der Waals surface area contributed by atoms with Crippen molar-refractivity contribution in [2.45, 2.75) is 6.42 Å². The first-order valence-electron chi connectivity index (χ1n) is 10.5. The normalized spacial score (nSPS) is 10.8. The van der Waals surface area contributed by atoms with Crippen LogP contribution in [0.1, 0.15) is 16.8 Å². The molecule has 0 aliphatic heterocycles. The number of hydrazine groups is 1. The summed E-state index contributed by atoms with van der Waals surface area (Å²) in [5, 5.41) is 0.656. The molecule has 0 spiro atoms. The highest BCUT2D eigenvalue weighted by Gasteiger charge is 2.13. The van der Waals surface area contributed by atoms with E-state index in [1.54, 1.807) is 36.5 Å². The summed E-state index contributed by atoms with van der Waals surface area (Å²) < 4.78 is 9.00. The molecule has 0 saturated carbocycles. The molecule has 4 rings (SSSR count). The van der Waals surface area contributed by atoms with Crippen LogP contribution >= 0.6 is 11.9 Å². The van der Waals surface area contributed by atoms with Crippen molar-refractivity contribution in [2.75, 3.05) is 19.4 Å². The molecule has 0 radical (unpaired) electrons. The summed E-state index contributed by atoms with van der Waals surface area (Å²) in [5.74, 6) is 5.85. The van der Waals surface area contributed by atoms with Gasteiger partial charge in [-0.3, -0.25) is 19.9 Å². The highest BCUT2D eigenvalue weighted by Crippen LogP contribution is 2.28. The molecule has 7 nitrogen and oxygen atoms in total. The molecular weight excluding hydrogens is 434 g/mol. The van der Waals surface area contributed by atoms with Crippen LogP contribution in [0.5, 0.6) is 5.75 Å². The van der Waals surface area contributed by atoms with Gasteiger partial charge in [0, 0.05) is 29.9 Å². The van der Waals surface area contributed by atoms with Crippen LogP contribution in [0.2, 0.25) is 0 Å². The highest BCUT2D eigenvalue weighted by molar-refractivity contribution is 7.96. The van der Waals surface area contributed by atoms with Crippen LogP contribution in [0.15, 0.2) is 73.1 Å². The smallest absolute Gasteiger partial charge is 0.265 e. The zero-order chi connectivity index (χ0) is 23.0. The van der Waals surface area contributed by atoms with Gasteiger partial charge in [0.25, 0.3) is 5.91 Å². The number of aromatic nitrogens is 2. The molecule has 2 heterocycles. The number of hydrogen-bond acceptors (Lipinski definition) is 7. The fraction of sp³-hybridized carbons (Fsp3) is 0.160. The molecule has 0 fully saturated rings. The minimum absolute atomic E-state index is 0.379. The van der Waals surface area contributed by atoms with Gasteiger partial charge < -0.3 is 4.74 Å². The van der Waals surface area contributed by atoms with E-state index in [2.05, 4.69) is 27.3 Å². The number of hydrogen-bond donors (Lipinski definition) is 3. The first-order valence-corrected chi connectivity index (χ1v) is 11.8. The van der Waals surface area contributed by atoms with Crippen molar-refractivity contribution in [3.8, 4) is 28.1 Å². The number of rotatable bonds is 9. The maximum atomic E-state index is 12.3. The zero-order valence-corrected chi connectivity index (χ0v) is 19.1. The molecule has 8 heteroatoms. The number of carbonyl (C=O) groups is 1. The quantitative estimate of drug-likeness (QED) is 0.113. The molecule has 0 unspecified atom stereocenters. The predicted molar refractivity (Wildman–Crippen MR) is 134 cm³/mol. The van der Waals surface area contributed by atoms with Crippen molar-refractivity contribution in [3.05, 3.63) is 78.6 Å². The minimum atomic E-state index is -0.379. The topological polar surface area (TPSA) is 102 Å². The number of nitrogens with one attached hydrogen (secondary N) is 2. The van der Waals surface area contributed by atoms with E-state index in [0.717, 1.165) is 35.4 Å². The fourth-order valence-electron chi connectivity index (χ4n) is 3.50. The Hall–Kier alpha value is -3.46. The second kappa shape index (κ2) is 10.9. The Morgan fingerprint density at radius 2 is 1.73 bits per heavy atom. The van der Waals surface area contributed by atoms with Crippen molar-refractivity contribution in [1.29, 1.82) is 0 Å². The van der Waals surface area contributed by atoms with E-state index < -0.39 is 0 Å². The number of nitrogens with zero attached hydrogens (tertiary/aromatic N) is 2. The lowest BCUT2D eigenvalue weighted by molar-refractivity contribution is 0.0955. The molecule has 2 aromatic carbocycles. The standard InChI is InChI=1S/C25H25N5O2S/c1-33-28-12-2-14-32-20-9-7-18(8-10-20)17-3-5-19(6-4-17)24-15-21(25(31)30-26)22-16-27-13-11-23(22)29-24/h3-11,13,15-16,28H,2,12,14,26H2,1H3,(H,30,31). The van der Waals surface area contributed by atoms with E-state index in [1.165, 1.54) is 0 Å². The van der Waals surface area contributed by atoms with E-state index in [1.807, 2.05) is 42.7 Å². The van der Waals surface area contributed by atoms with Crippen LogP contribution in [-0.4, -0.2) is 35.3 Å². The summed E-state index contributed by atoms with van der Waals surface area (Å²) in [6.45, 7) is 1.60. The fourth-order valence-corrected chi connectivity index (χ4v) is 3.84. The summed E-state index contributed by atoms with van der Waals surface area (Å²) in [6.07, 6.45) is 6.24. The van der Waals surface area contributed by atoms with Gasteiger partial charge in [0.1, 0.15) is 5.75 Å². The molecular formula is C25H25N5O2S. The van der Waals surface area contributed by atoms with Crippen molar-refractivity contribution in [3.63, 3.8) is 0 Å². The maximum Gasteiger partial charge on any atom is 0.265 e. The average Bonchev–Trinajstić information content (AvgIpc) is 2.88. The summed E-state index contributed by atoms with van der Waals surface area (Å²) in [7, 11) is 0. The van der Waals surface area contributed by atoms with Gasteiger partial charge in [-0.15, -0.1) is 0 Å². The highest BCUT2D eigenvalue weighted by atomic mass is 32.2. The second-order valence-corrected chi connectivity index (χ2v) is 8.02. The summed E-state index contributed by atoms with van der Waals surface area (Å²) in [5.41, 5.74) is 7.10. The first-order chi connectivity index (χ1) is 16.2. The molecule has 0 aliphatic rings. The number of pyridine rings is 2. The van der Waals surface area contributed by atoms with Crippen molar-refractivity contribution in [2.24, 2.45) is 5.84 Å². The van der Waals surface area contributed by atoms with Crippen LogP contribution in [0.4, 0.5) is 0 Å². The molecule has 33 heavy (non-hydrogen) atoms. The molecule has 4 aromatic rings. The maximum absolute atomic E-state index is 12.3. The second-order valence-electron chi connectivity index (χ2n) is 7.32. The van der Waals surface area contributed by atoms with Crippen LogP contribution in [0.3, 0.4) is 0 Å². The number of nitrogen functional groups attached to an aromatic ring is 1. The van der Waals surface area contributed by atoms with Crippen LogP contribution in [-0.2, 0) is 0 Å². The number of benzene rings is 2. The van der Waals surface area contributed by atoms with Crippen molar-refractivity contribution < 1.29 is 9.53 Å². The SMILES string of the molecule is CSNCCCOc1ccc(-c2ccc(-c3cc(C(=O)NN)c4cnccc4n3)cc2)cc1. The first kappa shape index (κ1) is 22.7. The Kier molecular flexibility index (Phi) is 7.51. The summed E-state index contributed by atoms with van der Waals surface area (Å²) in [6, 6.07) is 19.7. The van der Waals surface area contributed by atoms with Gasteiger partial charge in [-0.05, 0) is 48.1 Å². The number of nitrogens with two attached hydrogens (primary N) is 1. The zero-order valence-electron chi connectivity index (χ0n) is 18.2. The molecule has 0 aliphatic carbocycles. The Morgan fingerprint density at radius 1 is 1.03 bits per heavy atom. The Balaban J connectivity index is 1.52. The molecule has 168 valence electrons. The van der Waals surface area contributed by atoms with E-state index in [0.29, 0.717) is 28.8 Å². The molecule has 0 atom stereocenters. The largest absolute Gasteiger partial charge is 0.494 e. The van der Waals surface area contributed by atoms with Gasteiger partial charge >= 0.3 is 0 Å². The van der Waals surface area contributed by atoms with Crippen LogP contribution < -0.4 is 20.7 Å². The van der Waals surface area contributed by atoms with Gasteiger partial charge in [-0.25, -0.2) is 10.8 Å². The molecule has 0 saturated heterocycles.